The van der Waals surface area contributed by atoms with Gasteiger partial charge in [-0.25, -0.2) is 0 Å². The van der Waals surface area contributed by atoms with Crippen molar-refractivity contribution < 1.29 is 14.7 Å². The fourth-order valence-corrected chi connectivity index (χ4v) is 2.75. The Bertz CT molecular complexity index is 437. The molecule has 1 aromatic carbocycles. The summed E-state index contributed by atoms with van der Waals surface area (Å²) < 4.78 is 10.6. The standard InChI is InChI=1S/C14H19NO3/c1-17-12-6-5-11(9-13(12)18-2)14(10-15-16)7-3-4-8-14/h5-6,9-10,16H,3-4,7-8H2,1-2H3/b15-10-. The zero-order valence-corrected chi connectivity index (χ0v) is 10.8. The third-order valence-electron chi connectivity index (χ3n) is 3.76. The average Bonchev–Trinajstić information content (AvgIpc) is 2.88. The summed E-state index contributed by atoms with van der Waals surface area (Å²) in [6, 6.07) is 5.90. The number of rotatable bonds is 4. The van der Waals surface area contributed by atoms with Gasteiger partial charge in [0.1, 0.15) is 0 Å². The number of ether oxygens (including phenoxy) is 2. The van der Waals surface area contributed by atoms with Crippen LogP contribution in [0, 0.1) is 0 Å². The number of benzene rings is 1. The molecule has 18 heavy (non-hydrogen) atoms. The Balaban J connectivity index is 2.42. The van der Waals surface area contributed by atoms with E-state index < -0.39 is 0 Å². The van der Waals surface area contributed by atoms with Gasteiger partial charge in [-0.3, -0.25) is 0 Å². The highest BCUT2D eigenvalue weighted by Crippen LogP contribution is 2.42. The topological polar surface area (TPSA) is 51.0 Å². The minimum absolute atomic E-state index is 0.158. The summed E-state index contributed by atoms with van der Waals surface area (Å²) in [6.07, 6.45) is 5.97. The second-order valence-electron chi connectivity index (χ2n) is 4.68. The molecule has 0 amide bonds. The molecule has 1 fully saturated rings. The van der Waals surface area contributed by atoms with E-state index in [1.165, 1.54) is 0 Å². The summed E-state index contributed by atoms with van der Waals surface area (Å²) in [7, 11) is 3.25. The van der Waals surface area contributed by atoms with E-state index in [0.29, 0.717) is 5.75 Å². The molecule has 0 atom stereocenters. The van der Waals surface area contributed by atoms with Crippen LogP contribution in [0.25, 0.3) is 0 Å². The van der Waals surface area contributed by atoms with Crippen LogP contribution in [0.5, 0.6) is 11.5 Å². The molecule has 4 heteroatoms. The number of oxime groups is 1. The van der Waals surface area contributed by atoms with E-state index in [2.05, 4.69) is 5.16 Å². The molecule has 98 valence electrons. The van der Waals surface area contributed by atoms with Gasteiger partial charge in [0.05, 0.1) is 20.4 Å². The summed E-state index contributed by atoms with van der Waals surface area (Å²) in [5, 5.41) is 12.2. The maximum Gasteiger partial charge on any atom is 0.161 e. The lowest BCUT2D eigenvalue weighted by Crippen LogP contribution is -2.24. The van der Waals surface area contributed by atoms with E-state index in [4.69, 9.17) is 14.7 Å². The minimum atomic E-state index is -0.158. The van der Waals surface area contributed by atoms with Crippen LogP contribution in [0.15, 0.2) is 23.4 Å². The molecule has 0 unspecified atom stereocenters. The highest BCUT2D eigenvalue weighted by atomic mass is 16.5. The van der Waals surface area contributed by atoms with Crippen molar-refractivity contribution in [3.05, 3.63) is 23.8 Å². The molecule has 0 saturated heterocycles. The van der Waals surface area contributed by atoms with E-state index in [0.717, 1.165) is 37.0 Å². The minimum Gasteiger partial charge on any atom is -0.493 e. The first-order valence-electron chi connectivity index (χ1n) is 6.17. The molecule has 0 radical (unpaired) electrons. The summed E-state index contributed by atoms with van der Waals surface area (Å²) >= 11 is 0. The first-order chi connectivity index (χ1) is 8.75. The Morgan fingerprint density at radius 1 is 1.17 bits per heavy atom. The lowest BCUT2D eigenvalue weighted by molar-refractivity contribution is 0.316. The predicted molar refractivity (Wildman–Crippen MR) is 70.0 cm³/mol. The molecule has 1 aromatic rings. The predicted octanol–water partition coefficient (Wildman–Crippen LogP) is 2.98. The fourth-order valence-electron chi connectivity index (χ4n) is 2.75. The van der Waals surface area contributed by atoms with E-state index >= 15 is 0 Å². The summed E-state index contributed by atoms with van der Waals surface area (Å²) in [5.74, 6) is 1.43. The van der Waals surface area contributed by atoms with Crippen LogP contribution in [-0.4, -0.2) is 25.6 Å². The average molecular weight is 249 g/mol. The van der Waals surface area contributed by atoms with Gasteiger partial charge in [-0.1, -0.05) is 18.9 Å². The lowest BCUT2D eigenvalue weighted by Gasteiger charge is -2.25. The Hall–Kier alpha value is -1.71. The Labute approximate surface area is 107 Å². The Kier molecular flexibility index (Phi) is 3.75. The summed E-state index contributed by atoms with van der Waals surface area (Å²) in [6.45, 7) is 0. The van der Waals surface area contributed by atoms with Crippen LogP contribution < -0.4 is 9.47 Å². The molecule has 0 spiro atoms. The summed E-state index contributed by atoms with van der Waals surface area (Å²) in [4.78, 5) is 0. The van der Waals surface area contributed by atoms with Gasteiger partial charge < -0.3 is 14.7 Å². The molecule has 0 bridgehead atoms. The van der Waals surface area contributed by atoms with Crippen LogP contribution in [0.1, 0.15) is 31.2 Å². The molecule has 1 N–H and O–H groups in total. The van der Waals surface area contributed by atoms with E-state index in [1.54, 1.807) is 20.4 Å². The van der Waals surface area contributed by atoms with E-state index in [1.807, 2.05) is 18.2 Å². The largest absolute Gasteiger partial charge is 0.493 e. The second kappa shape index (κ2) is 5.29. The summed E-state index contributed by atoms with van der Waals surface area (Å²) in [5.41, 5.74) is 0.962. The van der Waals surface area contributed by atoms with Gasteiger partial charge in [0.2, 0.25) is 0 Å². The van der Waals surface area contributed by atoms with E-state index in [-0.39, 0.29) is 5.41 Å². The van der Waals surface area contributed by atoms with Crippen molar-refractivity contribution in [3.8, 4) is 11.5 Å². The van der Waals surface area contributed by atoms with E-state index in [9.17, 15) is 0 Å². The molecule has 0 aliphatic heterocycles. The zero-order chi connectivity index (χ0) is 13.0. The SMILES string of the molecule is COc1ccc(C2(/C=N\O)CCCC2)cc1OC. The first kappa shape index (κ1) is 12.7. The molecule has 0 heterocycles. The van der Waals surface area contributed by atoms with Gasteiger partial charge in [-0.05, 0) is 30.5 Å². The van der Waals surface area contributed by atoms with Crippen molar-refractivity contribution in [2.45, 2.75) is 31.1 Å². The van der Waals surface area contributed by atoms with Crippen molar-refractivity contribution in [2.24, 2.45) is 5.16 Å². The molecule has 2 rings (SSSR count). The molecular weight excluding hydrogens is 230 g/mol. The number of hydrogen-bond acceptors (Lipinski definition) is 4. The Morgan fingerprint density at radius 3 is 2.39 bits per heavy atom. The number of methoxy groups -OCH3 is 2. The molecule has 1 aliphatic carbocycles. The van der Waals surface area contributed by atoms with Crippen LogP contribution in [0.2, 0.25) is 0 Å². The maximum absolute atomic E-state index is 8.89. The highest BCUT2D eigenvalue weighted by molar-refractivity contribution is 5.74. The van der Waals surface area contributed by atoms with Crippen molar-refractivity contribution in [2.75, 3.05) is 14.2 Å². The monoisotopic (exact) mass is 249 g/mol. The van der Waals surface area contributed by atoms with Gasteiger partial charge in [-0.2, -0.15) is 0 Å². The smallest absolute Gasteiger partial charge is 0.161 e. The van der Waals surface area contributed by atoms with Gasteiger partial charge in [0.25, 0.3) is 0 Å². The lowest BCUT2D eigenvalue weighted by atomic mass is 9.80. The Morgan fingerprint density at radius 2 is 1.83 bits per heavy atom. The van der Waals surface area contributed by atoms with Crippen LogP contribution in [0.4, 0.5) is 0 Å². The fraction of sp³-hybridized carbons (Fsp3) is 0.500. The van der Waals surface area contributed by atoms with Gasteiger partial charge in [0, 0.05) is 5.41 Å². The maximum atomic E-state index is 8.89. The van der Waals surface area contributed by atoms with Crippen LogP contribution in [-0.2, 0) is 5.41 Å². The van der Waals surface area contributed by atoms with Crippen molar-refractivity contribution >= 4 is 6.21 Å². The van der Waals surface area contributed by atoms with Gasteiger partial charge >= 0.3 is 0 Å². The number of hydrogen-bond donors (Lipinski definition) is 1. The van der Waals surface area contributed by atoms with Crippen molar-refractivity contribution in [1.29, 1.82) is 0 Å². The van der Waals surface area contributed by atoms with Crippen molar-refractivity contribution in [1.82, 2.24) is 0 Å². The molecule has 0 aromatic heterocycles. The zero-order valence-electron chi connectivity index (χ0n) is 10.8. The molecule has 4 nitrogen and oxygen atoms in total. The third kappa shape index (κ3) is 2.15. The third-order valence-corrected chi connectivity index (χ3v) is 3.76. The van der Waals surface area contributed by atoms with Crippen molar-refractivity contribution in [3.63, 3.8) is 0 Å². The normalized spacial score (nSPS) is 18.1. The second-order valence-corrected chi connectivity index (χ2v) is 4.68. The highest BCUT2D eigenvalue weighted by Gasteiger charge is 2.35. The quantitative estimate of drug-likeness (QED) is 0.507. The van der Waals surface area contributed by atoms with Gasteiger partial charge in [0.15, 0.2) is 11.5 Å². The molecular formula is C14H19NO3. The molecule has 1 saturated carbocycles. The van der Waals surface area contributed by atoms with Crippen LogP contribution in [0.3, 0.4) is 0 Å². The van der Waals surface area contributed by atoms with Gasteiger partial charge in [-0.15, -0.1) is 5.16 Å². The van der Waals surface area contributed by atoms with Crippen LogP contribution >= 0.6 is 0 Å². The number of nitrogens with zero attached hydrogens (tertiary/aromatic N) is 1. The first-order valence-corrected chi connectivity index (χ1v) is 6.17. The molecule has 1 aliphatic rings.